The zero-order valence-electron chi connectivity index (χ0n) is 18.4. The zero-order valence-corrected chi connectivity index (χ0v) is 19.1. The van der Waals surface area contributed by atoms with Gasteiger partial charge >= 0.3 is 0 Å². The summed E-state index contributed by atoms with van der Waals surface area (Å²) in [5.74, 6) is 2.91. The lowest BCUT2D eigenvalue weighted by Gasteiger charge is -2.24. The molecule has 0 bridgehead atoms. The van der Waals surface area contributed by atoms with Gasteiger partial charge in [0.1, 0.15) is 17.7 Å². The molecule has 0 atom stereocenters. The van der Waals surface area contributed by atoms with E-state index < -0.39 is 0 Å². The van der Waals surface area contributed by atoms with Gasteiger partial charge in [-0.25, -0.2) is 0 Å². The number of fused-ring (bicyclic) bond motifs is 1. The van der Waals surface area contributed by atoms with Crippen LogP contribution in [0.25, 0.3) is 5.70 Å². The minimum atomic E-state index is 0.438. The van der Waals surface area contributed by atoms with Crippen LogP contribution in [0.1, 0.15) is 5.56 Å². The van der Waals surface area contributed by atoms with Crippen molar-refractivity contribution in [2.75, 3.05) is 33.8 Å². The highest BCUT2D eigenvalue weighted by Crippen LogP contribution is 2.46. The van der Waals surface area contributed by atoms with Crippen molar-refractivity contribution in [1.82, 2.24) is 10.1 Å². The molecule has 0 aromatic heterocycles. The quantitative estimate of drug-likeness (QED) is 0.520. The molecule has 0 unspecified atom stereocenters. The van der Waals surface area contributed by atoms with Gasteiger partial charge in [0.15, 0.2) is 23.1 Å². The lowest BCUT2D eigenvalue weighted by atomic mass is 10.1. The van der Waals surface area contributed by atoms with E-state index in [1.807, 2.05) is 6.07 Å². The van der Waals surface area contributed by atoms with Crippen LogP contribution in [0.4, 0.5) is 5.69 Å². The second kappa shape index (κ2) is 9.21. The van der Waals surface area contributed by atoms with Crippen LogP contribution in [0.2, 0.25) is 5.02 Å². The van der Waals surface area contributed by atoms with Crippen molar-refractivity contribution in [2.24, 2.45) is 5.22 Å². The second-order valence-corrected chi connectivity index (χ2v) is 7.16. The molecule has 33 heavy (non-hydrogen) atoms. The second-order valence-electron chi connectivity index (χ2n) is 6.75. The summed E-state index contributed by atoms with van der Waals surface area (Å²) in [6.07, 6.45) is 5.01. The highest BCUT2D eigenvalue weighted by Gasteiger charge is 2.39. The number of rotatable bonds is 8. The summed E-state index contributed by atoms with van der Waals surface area (Å²) in [7, 11) is 6.16. The summed E-state index contributed by atoms with van der Waals surface area (Å²) in [5.41, 5.74) is 9.68. The van der Waals surface area contributed by atoms with Crippen LogP contribution in [-0.2, 0) is 4.84 Å². The van der Waals surface area contributed by atoms with E-state index in [0.29, 0.717) is 56.6 Å². The largest absolute Gasteiger partial charge is 0.495 e. The van der Waals surface area contributed by atoms with Gasteiger partial charge in [0.05, 0.1) is 33.5 Å². The molecular weight excluding hydrogens is 450 g/mol. The predicted octanol–water partition coefficient (Wildman–Crippen LogP) is 4.98. The Hall–Kier alpha value is -4.05. The average molecular weight is 472 g/mol. The van der Waals surface area contributed by atoms with Crippen molar-refractivity contribution >= 4 is 23.0 Å². The molecule has 2 aliphatic heterocycles. The molecule has 2 heterocycles. The molecule has 0 spiro atoms. The van der Waals surface area contributed by atoms with Gasteiger partial charge in [-0.05, 0) is 42.5 Å². The average Bonchev–Trinajstić information content (AvgIpc) is 3.16. The first-order valence-corrected chi connectivity index (χ1v) is 10.1. The highest BCUT2D eigenvalue weighted by atomic mass is 35.5. The monoisotopic (exact) mass is 471 g/mol. The van der Waals surface area contributed by atoms with Crippen molar-refractivity contribution in [3.63, 3.8) is 0 Å². The third kappa shape index (κ3) is 3.85. The molecule has 2 N–H and O–H groups in total. The number of hydrogen-bond acceptors (Lipinski definition) is 9. The smallest absolute Gasteiger partial charge is 0.203 e. The molecule has 2 aromatic rings. The number of hydroxylamine groups is 2. The van der Waals surface area contributed by atoms with E-state index in [1.165, 1.54) is 37.7 Å². The van der Waals surface area contributed by atoms with E-state index in [2.05, 4.69) is 10.5 Å². The van der Waals surface area contributed by atoms with E-state index in [4.69, 9.17) is 40.9 Å². The van der Waals surface area contributed by atoms with Gasteiger partial charge in [-0.3, -0.25) is 0 Å². The van der Waals surface area contributed by atoms with Crippen molar-refractivity contribution < 1.29 is 23.8 Å². The molecule has 10 nitrogen and oxygen atoms in total. The van der Waals surface area contributed by atoms with Gasteiger partial charge in [0, 0.05) is 11.3 Å². The summed E-state index contributed by atoms with van der Waals surface area (Å²) in [4.78, 5) is 5.74. The van der Waals surface area contributed by atoms with Crippen molar-refractivity contribution in [1.29, 1.82) is 5.53 Å². The SMILES string of the molecule is COc1ccc(NC2=C(c3cc(OC)c(OC)c(OC)c3)N(N=N)C3=CC=CON32)cc1Cl. The fraction of sp³-hybridized carbons (Fsp3) is 0.182. The molecule has 172 valence electrons. The number of hydrogen-bond donors (Lipinski definition) is 2. The number of benzene rings is 2. The van der Waals surface area contributed by atoms with Crippen LogP contribution in [0, 0.1) is 5.53 Å². The Balaban J connectivity index is 1.90. The Bertz CT molecular complexity index is 1150. The maximum absolute atomic E-state index is 7.85. The first kappa shape index (κ1) is 22.2. The Morgan fingerprint density at radius 3 is 2.24 bits per heavy atom. The van der Waals surface area contributed by atoms with Crippen molar-refractivity contribution in [3.8, 4) is 23.0 Å². The number of halogens is 1. The van der Waals surface area contributed by atoms with Gasteiger partial charge in [-0.15, -0.1) is 5.06 Å². The molecule has 2 aromatic carbocycles. The number of nitrogens with zero attached hydrogens (tertiary/aromatic N) is 3. The normalized spacial score (nSPS) is 14.4. The van der Waals surface area contributed by atoms with E-state index >= 15 is 0 Å². The van der Waals surface area contributed by atoms with Gasteiger partial charge < -0.3 is 29.1 Å². The lowest BCUT2D eigenvalue weighted by Crippen LogP contribution is -2.25. The number of nitrogens with one attached hydrogen (secondary N) is 2. The van der Waals surface area contributed by atoms with Gasteiger partial charge in [-0.1, -0.05) is 16.8 Å². The molecule has 4 rings (SSSR count). The number of allylic oxidation sites excluding steroid dienone is 2. The summed E-state index contributed by atoms with van der Waals surface area (Å²) < 4.78 is 21.7. The molecular formula is C22H22ClN5O5. The van der Waals surface area contributed by atoms with Gasteiger partial charge in [-0.2, -0.15) is 10.5 Å². The summed E-state index contributed by atoms with van der Waals surface area (Å²) in [5, 5.41) is 10.4. The van der Waals surface area contributed by atoms with Crippen molar-refractivity contribution in [3.05, 3.63) is 71.0 Å². The third-order valence-corrected chi connectivity index (χ3v) is 5.30. The molecule has 0 radical (unpaired) electrons. The molecule has 2 aliphatic rings. The summed E-state index contributed by atoms with van der Waals surface area (Å²) in [6, 6.07) is 8.83. The van der Waals surface area contributed by atoms with E-state index in [1.54, 1.807) is 43.5 Å². The maximum Gasteiger partial charge on any atom is 0.203 e. The Morgan fingerprint density at radius 1 is 0.970 bits per heavy atom. The Kier molecular flexibility index (Phi) is 6.18. The van der Waals surface area contributed by atoms with Gasteiger partial charge in [0.25, 0.3) is 0 Å². The van der Waals surface area contributed by atoms with Crippen LogP contribution < -0.4 is 24.3 Å². The fourth-order valence-corrected chi connectivity index (χ4v) is 3.80. The van der Waals surface area contributed by atoms with Crippen LogP contribution in [0.3, 0.4) is 0 Å². The topological polar surface area (TPSA) is 101 Å². The maximum atomic E-state index is 7.85. The zero-order chi connectivity index (χ0) is 23.5. The Labute approximate surface area is 195 Å². The Morgan fingerprint density at radius 2 is 1.67 bits per heavy atom. The molecule has 0 saturated carbocycles. The molecule has 0 aliphatic carbocycles. The van der Waals surface area contributed by atoms with Gasteiger partial charge in [0.2, 0.25) is 5.75 Å². The lowest BCUT2D eigenvalue weighted by molar-refractivity contribution is -0.0462. The molecule has 0 amide bonds. The number of anilines is 1. The minimum Gasteiger partial charge on any atom is -0.495 e. The number of ether oxygens (including phenoxy) is 4. The third-order valence-electron chi connectivity index (χ3n) is 5.01. The number of methoxy groups -OCH3 is 4. The molecule has 0 saturated heterocycles. The summed E-state index contributed by atoms with van der Waals surface area (Å²) >= 11 is 6.32. The predicted molar refractivity (Wildman–Crippen MR) is 122 cm³/mol. The first-order valence-electron chi connectivity index (χ1n) is 9.72. The van der Waals surface area contributed by atoms with Crippen LogP contribution >= 0.6 is 11.6 Å². The van der Waals surface area contributed by atoms with Crippen LogP contribution in [-0.4, -0.2) is 38.5 Å². The highest BCUT2D eigenvalue weighted by molar-refractivity contribution is 6.32. The molecule has 0 fully saturated rings. The first-order chi connectivity index (χ1) is 16.1. The van der Waals surface area contributed by atoms with E-state index in [-0.39, 0.29) is 0 Å². The standard InChI is InChI=1S/C22H22ClN5O5/c1-29-16-8-7-14(12-15(16)23)25-22-20(27(26-24)19-6-5-9-33-28(19)22)13-10-17(30-2)21(32-4)18(11-13)31-3/h5-12,24-25H,1-4H3. The van der Waals surface area contributed by atoms with Crippen LogP contribution in [0.15, 0.2) is 65.6 Å². The molecule has 11 heteroatoms. The van der Waals surface area contributed by atoms with E-state index in [0.717, 1.165) is 0 Å². The minimum absolute atomic E-state index is 0.438. The van der Waals surface area contributed by atoms with E-state index in [9.17, 15) is 0 Å². The summed E-state index contributed by atoms with van der Waals surface area (Å²) in [6.45, 7) is 0. The van der Waals surface area contributed by atoms with Crippen LogP contribution in [0.5, 0.6) is 23.0 Å². The van der Waals surface area contributed by atoms with Crippen molar-refractivity contribution in [2.45, 2.75) is 0 Å². The fourth-order valence-electron chi connectivity index (χ4n) is 3.55.